The molecule has 0 saturated carbocycles. The first kappa shape index (κ1) is 20.2. The van der Waals surface area contributed by atoms with E-state index in [1.807, 2.05) is 16.7 Å². The van der Waals surface area contributed by atoms with Crippen LogP contribution in [-0.2, 0) is 10.0 Å². The Kier molecular flexibility index (Phi) is 5.57. The van der Waals surface area contributed by atoms with Crippen molar-refractivity contribution in [2.75, 3.05) is 11.0 Å². The van der Waals surface area contributed by atoms with Gasteiger partial charge in [-0.3, -0.25) is 9.52 Å². The minimum atomic E-state index is -4.08. The van der Waals surface area contributed by atoms with Crippen molar-refractivity contribution < 1.29 is 17.6 Å². The monoisotopic (exact) mass is 434 g/mol. The van der Waals surface area contributed by atoms with Gasteiger partial charge in [0.25, 0.3) is 15.9 Å². The molecule has 0 aliphatic carbocycles. The van der Waals surface area contributed by atoms with Crippen molar-refractivity contribution in [2.24, 2.45) is 0 Å². The lowest BCUT2D eigenvalue weighted by Gasteiger charge is -2.38. The average Bonchev–Trinajstić information content (AvgIpc) is 2.96. The van der Waals surface area contributed by atoms with E-state index in [-0.39, 0.29) is 23.7 Å². The van der Waals surface area contributed by atoms with Gasteiger partial charge < -0.3 is 4.90 Å². The zero-order valence-electron chi connectivity index (χ0n) is 16.0. The molecule has 2 unspecified atom stereocenters. The van der Waals surface area contributed by atoms with Gasteiger partial charge in [-0.05, 0) is 62.3 Å². The summed E-state index contributed by atoms with van der Waals surface area (Å²) in [6.45, 7) is 0. The van der Waals surface area contributed by atoms with Gasteiger partial charge in [-0.25, -0.2) is 12.8 Å². The van der Waals surface area contributed by atoms with Gasteiger partial charge >= 0.3 is 0 Å². The molecule has 29 heavy (non-hydrogen) atoms. The van der Waals surface area contributed by atoms with Gasteiger partial charge in [-0.2, -0.15) is 11.8 Å². The molecule has 8 heteroatoms. The fraction of sp³-hybridized carbons (Fsp3) is 0.381. The summed E-state index contributed by atoms with van der Waals surface area (Å²) in [5.74, 6) is -0.885. The highest BCUT2D eigenvalue weighted by Crippen LogP contribution is 2.40. The highest BCUT2D eigenvalue weighted by Gasteiger charge is 2.43. The average molecular weight is 435 g/mol. The van der Waals surface area contributed by atoms with E-state index in [2.05, 4.69) is 11.0 Å². The van der Waals surface area contributed by atoms with Gasteiger partial charge in [-0.15, -0.1) is 0 Å². The molecular formula is C21H23FN2O3S2. The topological polar surface area (TPSA) is 66.5 Å². The van der Waals surface area contributed by atoms with Crippen LogP contribution in [0.1, 0.15) is 36.0 Å². The largest absolute Gasteiger partial charge is 0.333 e. The summed E-state index contributed by atoms with van der Waals surface area (Å²) in [6, 6.07) is 12.1. The van der Waals surface area contributed by atoms with Crippen LogP contribution in [0.25, 0.3) is 0 Å². The highest BCUT2D eigenvalue weighted by atomic mass is 32.2. The van der Waals surface area contributed by atoms with E-state index >= 15 is 0 Å². The number of nitrogens with one attached hydrogen (secondary N) is 1. The molecule has 2 heterocycles. The maximum absolute atomic E-state index is 13.9. The van der Waals surface area contributed by atoms with E-state index < -0.39 is 20.7 Å². The number of sulfonamides is 1. The van der Waals surface area contributed by atoms with Gasteiger partial charge in [0.2, 0.25) is 0 Å². The van der Waals surface area contributed by atoms with Crippen molar-refractivity contribution in [1.29, 1.82) is 0 Å². The predicted molar refractivity (Wildman–Crippen MR) is 113 cm³/mol. The fourth-order valence-corrected chi connectivity index (χ4v) is 6.35. The summed E-state index contributed by atoms with van der Waals surface area (Å²) in [6.07, 6.45) is 6.17. The van der Waals surface area contributed by atoms with E-state index in [1.165, 1.54) is 24.3 Å². The molecule has 1 N–H and O–H groups in total. The van der Waals surface area contributed by atoms with Crippen molar-refractivity contribution in [3.63, 3.8) is 0 Å². The second-order valence-electron chi connectivity index (χ2n) is 7.54. The van der Waals surface area contributed by atoms with Crippen molar-refractivity contribution in [1.82, 2.24) is 4.90 Å². The lowest BCUT2D eigenvalue weighted by Crippen LogP contribution is -2.47. The molecule has 154 valence electrons. The van der Waals surface area contributed by atoms with Gasteiger partial charge in [0.05, 0.1) is 0 Å². The summed E-state index contributed by atoms with van der Waals surface area (Å²) in [5.41, 5.74) is 0.684. The molecule has 1 amide bonds. The van der Waals surface area contributed by atoms with E-state index in [1.54, 1.807) is 18.2 Å². The van der Waals surface area contributed by atoms with Crippen molar-refractivity contribution in [3.8, 4) is 0 Å². The van der Waals surface area contributed by atoms with Gasteiger partial charge in [0.15, 0.2) is 0 Å². The zero-order valence-corrected chi connectivity index (χ0v) is 17.7. The number of rotatable bonds is 5. The zero-order chi connectivity index (χ0) is 20.6. The number of fused-ring (bicyclic) bond motifs is 2. The molecule has 2 atom stereocenters. The van der Waals surface area contributed by atoms with Gasteiger partial charge in [0, 0.05) is 28.6 Å². The summed E-state index contributed by atoms with van der Waals surface area (Å²) in [7, 11) is -4.08. The van der Waals surface area contributed by atoms with Crippen LogP contribution in [0.2, 0.25) is 0 Å². The van der Waals surface area contributed by atoms with Gasteiger partial charge in [-0.1, -0.05) is 18.2 Å². The maximum atomic E-state index is 13.9. The number of piperidine rings is 1. The Bertz CT molecular complexity index is 1010. The predicted octanol–water partition coefficient (Wildman–Crippen LogP) is 4.13. The summed E-state index contributed by atoms with van der Waals surface area (Å²) < 4.78 is 41.4. The fourth-order valence-electron chi connectivity index (χ4n) is 4.39. The Labute approximate surface area is 174 Å². The Morgan fingerprint density at radius 2 is 1.79 bits per heavy atom. The van der Waals surface area contributed by atoms with Crippen LogP contribution in [-0.4, -0.2) is 42.8 Å². The standard InChI is InChI=1S/C21H23FN2O3S2/c1-28-18-12-16-9-10-17(13-18)24(16)21(25)14-5-4-6-15(11-14)23-29(26,27)20-8-3-2-7-19(20)22/h2-8,11,16-18,23H,9-10,12-13H2,1H3. The number of carbonyl (C=O) groups excluding carboxylic acids is 1. The molecule has 2 saturated heterocycles. The smallest absolute Gasteiger partial charge is 0.264 e. The van der Waals surface area contributed by atoms with Crippen molar-refractivity contribution >= 4 is 33.4 Å². The molecule has 2 aromatic carbocycles. The normalized spacial score (nSPS) is 23.8. The Morgan fingerprint density at radius 3 is 2.45 bits per heavy atom. The molecule has 2 aliphatic rings. The second-order valence-corrected chi connectivity index (χ2v) is 10.3. The summed E-state index contributed by atoms with van der Waals surface area (Å²) in [5, 5.41) is 0.593. The number of hydrogen-bond acceptors (Lipinski definition) is 4. The van der Waals surface area contributed by atoms with Crippen LogP contribution in [0.4, 0.5) is 10.1 Å². The quantitative estimate of drug-likeness (QED) is 0.769. The maximum Gasteiger partial charge on any atom is 0.264 e. The lowest BCUT2D eigenvalue weighted by molar-refractivity contribution is 0.0601. The third-order valence-corrected chi connectivity index (χ3v) is 8.21. The molecular weight excluding hydrogens is 411 g/mol. The van der Waals surface area contributed by atoms with E-state index in [4.69, 9.17) is 0 Å². The van der Waals surface area contributed by atoms with Crippen LogP contribution in [0.5, 0.6) is 0 Å². The Morgan fingerprint density at radius 1 is 1.10 bits per heavy atom. The molecule has 2 aromatic rings. The summed E-state index contributed by atoms with van der Waals surface area (Å²) in [4.78, 5) is 14.7. The third-order valence-electron chi connectivity index (χ3n) is 5.75. The molecule has 0 spiro atoms. The lowest BCUT2D eigenvalue weighted by atomic mass is 10.0. The van der Waals surface area contributed by atoms with Crippen LogP contribution >= 0.6 is 11.8 Å². The molecule has 2 bridgehead atoms. The Balaban J connectivity index is 1.55. The Hall–Kier alpha value is -2.06. The van der Waals surface area contributed by atoms with Crippen molar-refractivity contribution in [2.45, 2.75) is 47.9 Å². The number of nitrogens with zero attached hydrogens (tertiary/aromatic N) is 1. The molecule has 0 radical (unpaired) electrons. The van der Waals surface area contributed by atoms with Crippen LogP contribution in [0, 0.1) is 5.82 Å². The number of anilines is 1. The van der Waals surface area contributed by atoms with E-state index in [9.17, 15) is 17.6 Å². The second kappa shape index (κ2) is 7.99. The SMILES string of the molecule is CSC1CC2CCC(C1)N2C(=O)c1cccc(NS(=O)(=O)c2ccccc2F)c1. The van der Waals surface area contributed by atoms with Crippen molar-refractivity contribution in [3.05, 3.63) is 59.9 Å². The molecule has 2 fully saturated rings. The minimum Gasteiger partial charge on any atom is -0.333 e. The number of thioether (sulfide) groups is 1. The molecule has 2 aliphatic heterocycles. The summed E-state index contributed by atoms with van der Waals surface area (Å²) >= 11 is 1.87. The number of halogens is 1. The first-order valence-electron chi connectivity index (χ1n) is 9.62. The number of benzene rings is 2. The minimum absolute atomic E-state index is 0.0657. The highest BCUT2D eigenvalue weighted by molar-refractivity contribution is 7.99. The first-order valence-corrected chi connectivity index (χ1v) is 12.4. The van der Waals surface area contributed by atoms with E-state index in [0.29, 0.717) is 10.8 Å². The molecule has 4 rings (SSSR count). The third kappa shape index (κ3) is 4.00. The number of amides is 1. The van der Waals surface area contributed by atoms with Crippen LogP contribution in [0.15, 0.2) is 53.4 Å². The molecule has 5 nitrogen and oxygen atoms in total. The first-order chi connectivity index (χ1) is 13.9. The number of hydrogen-bond donors (Lipinski definition) is 1. The molecule has 0 aromatic heterocycles. The van der Waals surface area contributed by atoms with E-state index in [0.717, 1.165) is 31.7 Å². The van der Waals surface area contributed by atoms with Crippen LogP contribution in [0.3, 0.4) is 0 Å². The van der Waals surface area contributed by atoms with Gasteiger partial charge in [0.1, 0.15) is 10.7 Å². The van der Waals surface area contributed by atoms with Crippen LogP contribution < -0.4 is 4.72 Å². The number of carbonyl (C=O) groups is 1.